The van der Waals surface area contributed by atoms with Gasteiger partial charge in [-0.2, -0.15) is 0 Å². The van der Waals surface area contributed by atoms with Crippen LogP contribution in [0.25, 0.3) is 77.2 Å². The number of rotatable bonds is 4. The Morgan fingerprint density at radius 3 is 1.18 bits per heavy atom. The molecule has 2 aromatic heterocycles. The van der Waals surface area contributed by atoms with Crippen LogP contribution >= 0.6 is 0 Å². The molecular weight excluding hydrogens is 468 g/mol. The van der Waals surface area contributed by atoms with E-state index in [1.807, 2.05) is 0 Å². The minimum Gasteiger partial charge on any atom is -0.444 e. The van der Waals surface area contributed by atoms with Gasteiger partial charge in [0.1, 0.15) is 0 Å². The fourth-order valence-corrected chi connectivity index (χ4v) is 5.65. The molecule has 38 heavy (non-hydrogen) atoms. The van der Waals surface area contributed by atoms with Gasteiger partial charge in [-0.05, 0) is 54.6 Å². The number of hydrogen-bond donors (Lipinski definition) is 0. The number of hydrogen-bond acceptors (Lipinski definition) is 4. The van der Waals surface area contributed by atoms with Gasteiger partial charge < -0.3 is 8.83 Å². The van der Waals surface area contributed by atoms with E-state index in [4.69, 9.17) is 8.83 Å². The first kappa shape index (κ1) is 20.9. The van der Waals surface area contributed by atoms with Crippen LogP contribution in [0, 0.1) is 0 Å². The van der Waals surface area contributed by atoms with Crippen LogP contribution in [0.3, 0.4) is 0 Å². The molecule has 0 unspecified atom stereocenters. The first-order valence-electron chi connectivity index (χ1n) is 12.5. The maximum Gasteiger partial charge on any atom is 0.181 e. The lowest BCUT2D eigenvalue weighted by Gasteiger charge is -2.16. The van der Waals surface area contributed by atoms with Crippen LogP contribution in [0.2, 0.25) is 0 Å². The lowest BCUT2D eigenvalue weighted by atomic mass is 9.87. The summed E-state index contributed by atoms with van der Waals surface area (Å²) in [4.78, 5) is 8.08. The molecule has 0 N–H and O–H groups in total. The largest absolute Gasteiger partial charge is 0.444 e. The van der Waals surface area contributed by atoms with Crippen molar-refractivity contribution in [3.8, 4) is 44.9 Å². The Bertz CT molecular complexity index is 1890. The van der Waals surface area contributed by atoms with E-state index in [0.717, 1.165) is 22.6 Å². The van der Waals surface area contributed by atoms with E-state index in [1.54, 1.807) is 12.4 Å². The van der Waals surface area contributed by atoms with Crippen LogP contribution in [-0.2, 0) is 0 Å². The highest BCUT2D eigenvalue weighted by molar-refractivity contribution is 6.27. The molecule has 178 valence electrons. The number of aromatic nitrogens is 2. The van der Waals surface area contributed by atoms with Crippen molar-refractivity contribution in [3.05, 3.63) is 122 Å². The maximum atomic E-state index is 5.47. The van der Waals surface area contributed by atoms with Crippen molar-refractivity contribution in [2.24, 2.45) is 0 Å². The van der Waals surface area contributed by atoms with Crippen LogP contribution in [0.5, 0.6) is 0 Å². The van der Waals surface area contributed by atoms with Gasteiger partial charge in [-0.1, -0.05) is 97.1 Å². The first-order valence-corrected chi connectivity index (χ1v) is 12.5. The SMILES string of the molecule is c1ncc(-c2ccc(-c3ccc4ccc5c(-c6ccc(-c7cnco7)cc6)ccc6ccc3c4c65)cc2)o1. The Morgan fingerprint density at radius 1 is 0.395 bits per heavy atom. The second-order valence-corrected chi connectivity index (χ2v) is 9.53. The van der Waals surface area contributed by atoms with Gasteiger partial charge in [0.2, 0.25) is 0 Å². The molecule has 0 amide bonds. The third kappa shape index (κ3) is 3.17. The Balaban J connectivity index is 1.29. The van der Waals surface area contributed by atoms with E-state index in [0.29, 0.717) is 0 Å². The van der Waals surface area contributed by atoms with Crippen LogP contribution in [-0.4, -0.2) is 9.97 Å². The molecule has 0 fully saturated rings. The molecule has 4 heteroatoms. The maximum absolute atomic E-state index is 5.47. The van der Waals surface area contributed by atoms with Crippen molar-refractivity contribution in [2.45, 2.75) is 0 Å². The summed E-state index contributed by atoms with van der Waals surface area (Å²) in [5, 5.41) is 7.61. The summed E-state index contributed by atoms with van der Waals surface area (Å²) in [5.74, 6) is 1.54. The van der Waals surface area contributed by atoms with Gasteiger partial charge in [0.25, 0.3) is 0 Å². The van der Waals surface area contributed by atoms with Crippen molar-refractivity contribution in [1.82, 2.24) is 9.97 Å². The number of nitrogens with zero attached hydrogens (tertiary/aromatic N) is 2. The molecule has 0 saturated carbocycles. The summed E-state index contributed by atoms with van der Waals surface area (Å²) >= 11 is 0. The molecule has 0 atom stereocenters. The van der Waals surface area contributed by atoms with Gasteiger partial charge in [0.15, 0.2) is 24.3 Å². The molecule has 0 aliphatic heterocycles. The minimum atomic E-state index is 0.772. The van der Waals surface area contributed by atoms with Gasteiger partial charge in [0.05, 0.1) is 12.4 Å². The van der Waals surface area contributed by atoms with E-state index < -0.39 is 0 Å². The van der Waals surface area contributed by atoms with Crippen molar-refractivity contribution >= 4 is 32.3 Å². The third-order valence-electron chi connectivity index (χ3n) is 7.49. The Labute approximate surface area is 218 Å². The summed E-state index contributed by atoms with van der Waals surface area (Å²) in [6.07, 6.45) is 6.40. The summed E-state index contributed by atoms with van der Waals surface area (Å²) in [6, 6.07) is 34.9. The zero-order valence-corrected chi connectivity index (χ0v) is 20.3. The Morgan fingerprint density at radius 2 is 0.789 bits per heavy atom. The van der Waals surface area contributed by atoms with E-state index in [1.165, 1.54) is 67.4 Å². The molecular formula is C34H20N2O2. The molecule has 0 spiro atoms. The third-order valence-corrected chi connectivity index (χ3v) is 7.49. The zero-order valence-electron chi connectivity index (χ0n) is 20.3. The van der Waals surface area contributed by atoms with Crippen molar-refractivity contribution in [3.63, 3.8) is 0 Å². The number of benzene rings is 6. The van der Waals surface area contributed by atoms with Gasteiger partial charge >= 0.3 is 0 Å². The molecule has 8 aromatic rings. The summed E-state index contributed by atoms with van der Waals surface area (Å²) in [7, 11) is 0. The highest BCUT2D eigenvalue weighted by Gasteiger charge is 2.15. The predicted molar refractivity (Wildman–Crippen MR) is 152 cm³/mol. The zero-order chi connectivity index (χ0) is 25.1. The van der Waals surface area contributed by atoms with E-state index in [-0.39, 0.29) is 0 Å². The fraction of sp³-hybridized carbons (Fsp3) is 0. The predicted octanol–water partition coefficient (Wildman–Crippen LogP) is 9.23. The molecule has 0 aliphatic rings. The van der Waals surface area contributed by atoms with Gasteiger partial charge in [-0.3, -0.25) is 0 Å². The topological polar surface area (TPSA) is 52.1 Å². The Kier molecular flexibility index (Phi) is 4.49. The van der Waals surface area contributed by atoms with Gasteiger partial charge in [-0.25, -0.2) is 9.97 Å². The molecule has 0 radical (unpaired) electrons. The van der Waals surface area contributed by atoms with Crippen LogP contribution in [0.1, 0.15) is 0 Å². The van der Waals surface area contributed by atoms with Crippen LogP contribution in [0.15, 0.2) is 131 Å². The molecule has 4 nitrogen and oxygen atoms in total. The van der Waals surface area contributed by atoms with E-state index in [2.05, 4.69) is 107 Å². The smallest absolute Gasteiger partial charge is 0.181 e. The first-order chi connectivity index (χ1) is 18.8. The molecule has 2 heterocycles. The summed E-state index contributed by atoms with van der Waals surface area (Å²) in [5.41, 5.74) is 6.82. The second kappa shape index (κ2) is 8.15. The monoisotopic (exact) mass is 488 g/mol. The summed E-state index contributed by atoms with van der Waals surface area (Å²) < 4.78 is 10.9. The molecule has 6 aromatic carbocycles. The van der Waals surface area contributed by atoms with Crippen molar-refractivity contribution in [1.29, 1.82) is 0 Å². The highest BCUT2D eigenvalue weighted by Crippen LogP contribution is 2.42. The van der Waals surface area contributed by atoms with Gasteiger partial charge in [0, 0.05) is 11.1 Å². The lowest BCUT2D eigenvalue weighted by molar-refractivity contribution is 0.571. The second-order valence-electron chi connectivity index (χ2n) is 9.53. The molecule has 8 rings (SSSR count). The quantitative estimate of drug-likeness (QED) is 0.232. The normalized spacial score (nSPS) is 11.7. The fourth-order valence-electron chi connectivity index (χ4n) is 5.65. The minimum absolute atomic E-state index is 0.772. The average Bonchev–Trinajstić information content (AvgIpc) is 3.72. The number of oxazole rings is 2. The molecule has 0 saturated heterocycles. The van der Waals surface area contributed by atoms with Crippen LogP contribution < -0.4 is 0 Å². The van der Waals surface area contributed by atoms with Gasteiger partial charge in [-0.15, -0.1) is 0 Å². The van der Waals surface area contributed by atoms with Crippen molar-refractivity contribution < 1.29 is 8.83 Å². The lowest BCUT2D eigenvalue weighted by Crippen LogP contribution is -1.89. The highest BCUT2D eigenvalue weighted by atomic mass is 16.3. The Hall–Kier alpha value is -5.22. The molecule has 0 aliphatic carbocycles. The van der Waals surface area contributed by atoms with Crippen molar-refractivity contribution in [2.75, 3.05) is 0 Å². The molecule has 0 bridgehead atoms. The standard InChI is InChI=1S/C34H20N2O2/c1-5-23(31-17-35-19-37-31)6-2-21(1)27-13-9-25-12-16-30-28(14-10-26-11-15-29(27)33(25)34(26)30)22-3-7-24(8-4-22)32-18-36-20-38-32/h1-20H. The average molecular weight is 489 g/mol. The van der Waals surface area contributed by atoms with E-state index in [9.17, 15) is 0 Å². The summed E-state index contributed by atoms with van der Waals surface area (Å²) in [6.45, 7) is 0. The van der Waals surface area contributed by atoms with E-state index >= 15 is 0 Å². The van der Waals surface area contributed by atoms with Crippen LogP contribution in [0.4, 0.5) is 0 Å².